The van der Waals surface area contributed by atoms with Crippen molar-refractivity contribution in [3.8, 4) is 0 Å². The van der Waals surface area contributed by atoms with E-state index in [1.807, 2.05) is 0 Å². The first-order chi connectivity index (χ1) is 12.5. The summed E-state index contributed by atoms with van der Waals surface area (Å²) in [5.41, 5.74) is 0.891. The van der Waals surface area contributed by atoms with Crippen LogP contribution in [-0.4, -0.2) is 52.4 Å². The van der Waals surface area contributed by atoms with Crippen molar-refractivity contribution in [3.63, 3.8) is 0 Å². The molecule has 26 heavy (non-hydrogen) atoms. The standard InChI is InChI=1S/C18H18N2O6/c21-13(19-7-9-1-3-10(4-2-9)18(24)25)8-20-16(22)14-11-5-6-12(26-11)15(14)17(20)23/h1-4,11-12,14-15H,5-8H2,(H,19,21)(H,24,25). The Labute approximate surface area is 149 Å². The first kappa shape index (κ1) is 16.7. The molecular formula is C18H18N2O6. The van der Waals surface area contributed by atoms with Crippen LogP contribution in [0.3, 0.4) is 0 Å². The van der Waals surface area contributed by atoms with Gasteiger partial charge >= 0.3 is 5.97 Å². The normalized spacial score (nSPS) is 29.2. The summed E-state index contributed by atoms with van der Waals surface area (Å²) < 4.78 is 5.65. The lowest BCUT2D eigenvalue weighted by atomic mass is 9.81. The number of ether oxygens (including phenoxy) is 1. The number of rotatable bonds is 5. The number of carboxylic acids is 1. The molecule has 3 fully saturated rings. The topological polar surface area (TPSA) is 113 Å². The van der Waals surface area contributed by atoms with Gasteiger partial charge in [-0.05, 0) is 30.5 Å². The lowest BCUT2D eigenvalue weighted by Crippen LogP contribution is -2.42. The Kier molecular flexibility index (Phi) is 3.99. The Morgan fingerprint density at radius 1 is 1.08 bits per heavy atom. The van der Waals surface area contributed by atoms with Crippen LogP contribution in [0.15, 0.2) is 24.3 Å². The number of nitrogens with zero attached hydrogens (tertiary/aromatic N) is 1. The van der Waals surface area contributed by atoms with E-state index in [0.29, 0.717) is 0 Å². The molecule has 1 aromatic carbocycles. The maximum Gasteiger partial charge on any atom is 0.335 e. The monoisotopic (exact) mass is 358 g/mol. The van der Waals surface area contributed by atoms with Gasteiger partial charge in [-0.1, -0.05) is 12.1 Å². The Morgan fingerprint density at radius 3 is 2.19 bits per heavy atom. The second kappa shape index (κ2) is 6.21. The molecule has 0 spiro atoms. The smallest absolute Gasteiger partial charge is 0.335 e. The fourth-order valence-corrected chi connectivity index (χ4v) is 4.09. The van der Waals surface area contributed by atoms with E-state index in [9.17, 15) is 19.2 Å². The van der Waals surface area contributed by atoms with Crippen molar-refractivity contribution in [2.45, 2.75) is 31.6 Å². The predicted octanol–water partition coefficient (Wildman–Crippen LogP) is 0.163. The van der Waals surface area contributed by atoms with Gasteiger partial charge in [0.05, 0.1) is 29.6 Å². The Morgan fingerprint density at radius 2 is 1.65 bits per heavy atom. The first-order valence-corrected chi connectivity index (χ1v) is 8.55. The molecule has 3 amide bonds. The number of amides is 3. The number of hydrogen-bond donors (Lipinski definition) is 2. The molecule has 8 nitrogen and oxygen atoms in total. The molecule has 0 aromatic heterocycles. The first-order valence-electron chi connectivity index (χ1n) is 8.55. The van der Waals surface area contributed by atoms with Crippen molar-refractivity contribution in [1.82, 2.24) is 10.2 Å². The molecule has 0 saturated carbocycles. The molecule has 3 aliphatic heterocycles. The van der Waals surface area contributed by atoms with Gasteiger partial charge in [0, 0.05) is 6.54 Å². The molecule has 4 atom stereocenters. The Balaban J connectivity index is 1.34. The SMILES string of the molecule is O=C(CN1C(=O)C2C3CCC(O3)C2C1=O)NCc1ccc(C(=O)O)cc1. The van der Waals surface area contributed by atoms with Crippen LogP contribution < -0.4 is 5.32 Å². The lowest BCUT2D eigenvalue weighted by Gasteiger charge is -2.17. The maximum atomic E-state index is 12.5. The quantitative estimate of drug-likeness (QED) is 0.725. The summed E-state index contributed by atoms with van der Waals surface area (Å²) in [5.74, 6) is -2.94. The second-order valence-corrected chi connectivity index (χ2v) is 6.88. The number of nitrogens with one attached hydrogen (secondary N) is 1. The molecule has 3 aliphatic rings. The van der Waals surface area contributed by atoms with E-state index < -0.39 is 23.7 Å². The zero-order chi connectivity index (χ0) is 18.4. The maximum absolute atomic E-state index is 12.5. The number of benzene rings is 1. The molecular weight excluding hydrogens is 340 g/mol. The average Bonchev–Trinajstić information content (AvgIpc) is 3.30. The highest BCUT2D eigenvalue weighted by Crippen LogP contribution is 2.48. The zero-order valence-corrected chi connectivity index (χ0v) is 13.9. The average molecular weight is 358 g/mol. The summed E-state index contributed by atoms with van der Waals surface area (Å²) in [6.07, 6.45) is 1.19. The van der Waals surface area contributed by atoms with Crippen LogP contribution in [0.25, 0.3) is 0 Å². The summed E-state index contributed by atoms with van der Waals surface area (Å²) in [5, 5.41) is 11.5. The Hall–Kier alpha value is -2.74. The van der Waals surface area contributed by atoms with Crippen LogP contribution in [-0.2, 0) is 25.7 Å². The van der Waals surface area contributed by atoms with Crippen molar-refractivity contribution in [2.24, 2.45) is 11.8 Å². The van der Waals surface area contributed by atoms with Crippen molar-refractivity contribution < 1.29 is 29.0 Å². The van der Waals surface area contributed by atoms with Gasteiger partial charge in [0.2, 0.25) is 17.7 Å². The number of carbonyl (C=O) groups excluding carboxylic acids is 3. The molecule has 4 rings (SSSR count). The summed E-state index contributed by atoms with van der Waals surface area (Å²) >= 11 is 0. The lowest BCUT2D eigenvalue weighted by molar-refractivity contribution is -0.146. The van der Waals surface area contributed by atoms with E-state index in [1.165, 1.54) is 12.1 Å². The van der Waals surface area contributed by atoms with Gasteiger partial charge in [-0.2, -0.15) is 0 Å². The minimum absolute atomic E-state index is 0.164. The molecule has 0 aliphatic carbocycles. The number of imide groups is 1. The third kappa shape index (κ3) is 2.66. The third-order valence-electron chi connectivity index (χ3n) is 5.37. The van der Waals surface area contributed by atoms with Gasteiger partial charge in [-0.15, -0.1) is 0 Å². The van der Waals surface area contributed by atoms with E-state index in [4.69, 9.17) is 9.84 Å². The molecule has 1 aromatic rings. The van der Waals surface area contributed by atoms with Gasteiger partial charge in [-0.3, -0.25) is 19.3 Å². The number of fused-ring (bicyclic) bond motifs is 5. The highest BCUT2D eigenvalue weighted by atomic mass is 16.5. The second-order valence-electron chi connectivity index (χ2n) is 6.88. The minimum Gasteiger partial charge on any atom is -0.478 e. The molecule has 8 heteroatoms. The molecule has 2 N–H and O–H groups in total. The van der Waals surface area contributed by atoms with Gasteiger partial charge in [0.1, 0.15) is 6.54 Å². The zero-order valence-electron chi connectivity index (χ0n) is 13.9. The van der Waals surface area contributed by atoms with Gasteiger partial charge < -0.3 is 15.2 Å². The highest BCUT2D eigenvalue weighted by Gasteiger charge is 2.62. The number of carbonyl (C=O) groups is 4. The number of hydrogen-bond acceptors (Lipinski definition) is 5. The predicted molar refractivity (Wildman–Crippen MR) is 86.8 cm³/mol. The molecule has 3 saturated heterocycles. The molecule has 3 heterocycles. The summed E-state index contributed by atoms with van der Waals surface area (Å²) in [4.78, 5) is 49.0. The van der Waals surface area contributed by atoms with Crippen molar-refractivity contribution >= 4 is 23.7 Å². The van der Waals surface area contributed by atoms with Crippen LogP contribution in [0, 0.1) is 11.8 Å². The number of aromatic carboxylic acids is 1. The van der Waals surface area contributed by atoms with Crippen molar-refractivity contribution in [2.75, 3.05) is 6.54 Å². The summed E-state index contributed by atoms with van der Waals surface area (Å²) in [7, 11) is 0. The number of carboxylic acid groups (broad SMARTS) is 1. The highest BCUT2D eigenvalue weighted by molar-refractivity contribution is 6.08. The molecule has 136 valence electrons. The minimum atomic E-state index is -1.02. The van der Waals surface area contributed by atoms with Crippen LogP contribution in [0.1, 0.15) is 28.8 Å². The van der Waals surface area contributed by atoms with E-state index in [-0.39, 0.29) is 42.7 Å². The van der Waals surface area contributed by atoms with E-state index in [0.717, 1.165) is 23.3 Å². The van der Waals surface area contributed by atoms with E-state index in [2.05, 4.69) is 5.32 Å². The fraction of sp³-hybridized carbons (Fsp3) is 0.444. The van der Waals surface area contributed by atoms with Gasteiger partial charge in [0.25, 0.3) is 0 Å². The van der Waals surface area contributed by atoms with E-state index in [1.54, 1.807) is 12.1 Å². The Bertz CT molecular complexity index is 761. The summed E-state index contributed by atoms with van der Waals surface area (Å²) in [6.45, 7) is -0.104. The van der Waals surface area contributed by atoms with Crippen molar-refractivity contribution in [1.29, 1.82) is 0 Å². The number of likely N-dealkylation sites (tertiary alicyclic amines) is 1. The summed E-state index contributed by atoms with van der Waals surface area (Å²) in [6, 6.07) is 6.12. The van der Waals surface area contributed by atoms with Gasteiger partial charge in [-0.25, -0.2) is 4.79 Å². The van der Waals surface area contributed by atoms with Crippen molar-refractivity contribution in [3.05, 3.63) is 35.4 Å². The van der Waals surface area contributed by atoms with Crippen LogP contribution >= 0.6 is 0 Å². The fourth-order valence-electron chi connectivity index (χ4n) is 4.09. The van der Waals surface area contributed by atoms with Crippen LogP contribution in [0.2, 0.25) is 0 Å². The van der Waals surface area contributed by atoms with Crippen LogP contribution in [0.4, 0.5) is 0 Å². The van der Waals surface area contributed by atoms with E-state index >= 15 is 0 Å². The van der Waals surface area contributed by atoms with Crippen LogP contribution in [0.5, 0.6) is 0 Å². The molecule has 2 bridgehead atoms. The largest absolute Gasteiger partial charge is 0.478 e. The third-order valence-corrected chi connectivity index (χ3v) is 5.37. The van der Waals surface area contributed by atoms with Gasteiger partial charge in [0.15, 0.2) is 0 Å². The molecule has 0 radical (unpaired) electrons. The molecule has 4 unspecified atom stereocenters.